The molecule has 0 rings (SSSR count). The molecule has 0 heterocycles. The third-order valence-electron chi connectivity index (χ3n) is 1.63. The molecule has 0 aromatic carbocycles. The summed E-state index contributed by atoms with van der Waals surface area (Å²) in [4.78, 5) is 0. The summed E-state index contributed by atoms with van der Waals surface area (Å²) in [5.74, 6) is 0. The van der Waals surface area contributed by atoms with E-state index in [1.165, 1.54) is 11.1 Å². The van der Waals surface area contributed by atoms with E-state index in [2.05, 4.69) is 26.2 Å². The number of allylic oxidation sites excluding steroid dienone is 8. The fourth-order valence-corrected chi connectivity index (χ4v) is 0.635. The van der Waals surface area contributed by atoms with Crippen molar-refractivity contribution in [2.75, 3.05) is 0 Å². The molecule has 0 N–H and O–H groups in total. The number of rotatable bonds is 4. The molecule has 0 nitrogen and oxygen atoms in total. The molecule has 0 fully saturated rings. The highest BCUT2D eigenvalue weighted by Crippen LogP contribution is 2.04. The highest BCUT2D eigenvalue weighted by atomic mass is 13.9. The van der Waals surface area contributed by atoms with Gasteiger partial charge in [0, 0.05) is 0 Å². The van der Waals surface area contributed by atoms with Crippen molar-refractivity contribution >= 4 is 0 Å². The smallest absolute Gasteiger partial charge is 0.0395 e. The van der Waals surface area contributed by atoms with Gasteiger partial charge in [-0.3, -0.25) is 0 Å². The molecule has 0 aromatic heterocycles. The summed E-state index contributed by atoms with van der Waals surface area (Å²) in [6, 6.07) is 0. The van der Waals surface area contributed by atoms with Gasteiger partial charge in [0.15, 0.2) is 0 Å². The summed E-state index contributed by atoms with van der Waals surface area (Å²) >= 11 is 0. The second-order valence-corrected chi connectivity index (χ2v) is 2.55. The Kier molecular flexibility index (Phi) is 5.72. The van der Waals surface area contributed by atoms with Gasteiger partial charge in [-0.25, -0.2) is 0 Å². The SMILES string of the molecule is C=C/C=C/C=C\C(C)=C(/C)C=C. The second-order valence-electron chi connectivity index (χ2n) is 2.55. The summed E-state index contributed by atoms with van der Waals surface area (Å²) in [5.41, 5.74) is 2.44. The lowest BCUT2D eigenvalue weighted by Crippen LogP contribution is -1.73. The molecule has 0 aliphatic rings. The summed E-state index contributed by atoms with van der Waals surface area (Å²) < 4.78 is 0. The minimum atomic E-state index is 1.21. The number of hydrogen-bond acceptors (Lipinski definition) is 0. The van der Waals surface area contributed by atoms with Crippen LogP contribution in [0.2, 0.25) is 0 Å². The predicted octanol–water partition coefficient (Wildman–Crippen LogP) is 3.81. The maximum absolute atomic E-state index is 3.70. The van der Waals surface area contributed by atoms with Gasteiger partial charge in [0.05, 0.1) is 0 Å². The van der Waals surface area contributed by atoms with E-state index < -0.39 is 0 Å². The van der Waals surface area contributed by atoms with Crippen LogP contribution in [0.1, 0.15) is 13.8 Å². The first kappa shape index (κ1) is 10.7. The Morgan fingerprint density at radius 2 is 1.58 bits per heavy atom. The van der Waals surface area contributed by atoms with Gasteiger partial charge in [-0.05, 0) is 25.0 Å². The molecule has 0 aromatic rings. The van der Waals surface area contributed by atoms with Gasteiger partial charge in [-0.1, -0.05) is 49.6 Å². The first-order valence-corrected chi connectivity index (χ1v) is 3.98. The number of hydrogen-bond donors (Lipinski definition) is 0. The van der Waals surface area contributed by atoms with Crippen molar-refractivity contribution in [1.82, 2.24) is 0 Å². The van der Waals surface area contributed by atoms with Crippen LogP contribution in [0.3, 0.4) is 0 Å². The molecule has 0 heteroatoms. The molecule has 0 saturated carbocycles. The van der Waals surface area contributed by atoms with Crippen molar-refractivity contribution in [3.8, 4) is 0 Å². The Bertz CT molecular complexity index is 237. The zero-order chi connectivity index (χ0) is 9.40. The molecule has 0 aliphatic carbocycles. The van der Waals surface area contributed by atoms with Crippen molar-refractivity contribution in [2.45, 2.75) is 13.8 Å². The molecule has 0 amide bonds. The highest BCUT2D eigenvalue weighted by Gasteiger charge is 1.84. The first-order valence-electron chi connectivity index (χ1n) is 3.98. The molecular weight excluding hydrogens is 144 g/mol. The molecule has 0 radical (unpaired) electrons. The second kappa shape index (κ2) is 6.41. The van der Waals surface area contributed by atoms with Crippen LogP contribution < -0.4 is 0 Å². The van der Waals surface area contributed by atoms with Crippen molar-refractivity contribution in [3.63, 3.8) is 0 Å². The van der Waals surface area contributed by atoms with Gasteiger partial charge in [-0.15, -0.1) is 0 Å². The van der Waals surface area contributed by atoms with Crippen LogP contribution >= 0.6 is 0 Å². The third-order valence-corrected chi connectivity index (χ3v) is 1.63. The fraction of sp³-hybridized carbons (Fsp3) is 0.167. The van der Waals surface area contributed by atoms with Crippen LogP contribution in [0.4, 0.5) is 0 Å². The van der Waals surface area contributed by atoms with E-state index in [1.807, 2.05) is 31.2 Å². The maximum Gasteiger partial charge on any atom is -0.0395 e. The van der Waals surface area contributed by atoms with Crippen LogP contribution in [-0.4, -0.2) is 0 Å². The Hall–Kier alpha value is -1.30. The fourth-order valence-electron chi connectivity index (χ4n) is 0.635. The lowest BCUT2D eigenvalue weighted by molar-refractivity contribution is 1.38. The van der Waals surface area contributed by atoms with Crippen LogP contribution in [0, 0.1) is 0 Å². The van der Waals surface area contributed by atoms with E-state index in [-0.39, 0.29) is 0 Å². The van der Waals surface area contributed by atoms with Crippen LogP contribution in [0.25, 0.3) is 0 Å². The molecule has 0 unspecified atom stereocenters. The Morgan fingerprint density at radius 1 is 0.917 bits per heavy atom. The van der Waals surface area contributed by atoms with Gasteiger partial charge in [0.25, 0.3) is 0 Å². The van der Waals surface area contributed by atoms with Gasteiger partial charge in [-0.2, -0.15) is 0 Å². The summed E-state index contributed by atoms with van der Waals surface area (Å²) in [6.07, 6.45) is 11.5. The monoisotopic (exact) mass is 160 g/mol. The van der Waals surface area contributed by atoms with Crippen LogP contribution in [0.15, 0.2) is 60.8 Å². The van der Waals surface area contributed by atoms with Gasteiger partial charge >= 0.3 is 0 Å². The van der Waals surface area contributed by atoms with Gasteiger partial charge in [0.2, 0.25) is 0 Å². The van der Waals surface area contributed by atoms with E-state index in [1.54, 1.807) is 6.08 Å². The quantitative estimate of drug-likeness (QED) is 0.549. The lowest BCUT2D eigenvalue weighted by Gasteiger charge is -1.94. The zero-order valence-corrected chi connectivity index (χ0v) is 7.88. The van der Waals surface area contributed by atoms with Crippen LogP contribution in [0.5, 0.6) is 0 Å². The molecule has 64 valence electrons. The van der Waals surface area contributed by atoms with Gasteiger partial charge in [0.1, 0.15) is 0 Å². The first-order chi connectivity index (χ1) is 5.72. The summed E-state index contributed by atoms with van der Waals surface area (Å²) in [6.45, 7) is 11.4. The standard InChI is InChI=1S/C12H16/c1-5-7-8-9-10-12(4)11(3)6-2/h5-10H,1-2H2,3-4H3/b8-7+,10-9-,12-11+. The minimum absolute atomic E-state index is 1.21. The normalized spacial score (nSPS) is 13.5. The van der Waals surface area contributed by atoms with E-state index in [0.29, 0.717) is 0 Å². The summed E-state index contributed by atoms with van der Waals surface area (Å²) in [7, 11) is 0. The summed E-state index contributed by atoms with van der Waals surface area (Å²) in [5, 5.41) is 0. The Balaban J connectivity index is 4.25. The predicted molar refractivity (Wildman–Crippen MR) is 57.0 cm³/mol. The molecule has 12 heavy (non-hydrogen) atoms. The van der Waals surface area contributed by atoms with Crippen LogP contribution in [-0.2, 0) is 0 Å². The molecular formula is C12H16. The minimum Gasteiger partial charge on any atom is -0.0991 e. The molecule has 0 aliphatic heterocycles. The average molecular weight is 160 g/mol. The van der Waals surface area contributed by atoms with Gasteiger partial charge < -0.3 is 0 Å². The van der Waals surface area contributed by atoms with E-state index in [9.17, 15) is 0 Å². The molecule has 0 saturated heterocycles. The maximum atomic E-state index is 3.70. The van der Waals surface area contributed by atoms with Crippen molar-refractivity contribution in [1.29, 1.82) is 0 Å². The lowest BCUT2D eigenvalue weighted by atomic mass is 10.1. The Labute approximate surface area is 75.3 Å². The van der Waals surface area contributed by atoms with Crippen molar-refractivity contribution in [2.24, 2.45) is 0 Å². The van der Waals surface area contributed by atoms with E-state index >= 15 is 0 Å². The Morgan fingerprint density at radius 3 is 2.08 bits per heavy atom. The molecule has 0 spiro atoms. The van der Waals surface area contributed by atoms with E-state index in [4.69, 9.17) is 0 Å². The zero-order valence-electron chi connectivity index (χ0n) is 7.88. The van der Waals surface area contributed by atoms with E-state index in [0.717, 1.165) is 0 Å². The molecule has 0 bridgehead atoms. The molecule has 0 atom stereocenters. The highest BCUT2D eigenvalue weighted by molar-refractivity contribution is 5.30. The largest absolute Gasteiger partial charge is 0.0991 e. The van der Waals surface area contributed by atoms with Crippen molar-refractivity contribution in [3.05, 3.63) is 60.8 Å². The van der Waals surface area contributed by atoms with Crippen molar-refractivity contribution < 1.29 is 0 Å². The topological polar surface area (TPSA) is 0 Å². The average Bonchev–Trinajstić information content (AvgIpc) is 2.10. The third kappa shape index (κ3) is 4.51.